The van der Waals surface area contributed by atoms with Crippen LogP contribution in [0.25, 0.3) is 0 Å². The molecule has 5 heteroatoms. The molecule has 0 bridgehead atoms. The summed E-state index contributed by atoms with van der Waals surface area (Å²) in [6, 6.07) is 9.86. The van der Waals surface area contributed by atoms with E-state index in [4.69, 9.17) is 11.6 Å². The molecule has 1 N–H and O–H groups in total. The Morgan fingerprint density at radius 1 is 1.10 bits per heavy atom. The molecule has 0 atom stereocenters. The van der Waals surface area contributed by atoms with Gasteiger partial charge in [0.1, 0.15) is 16.8 Å². The molecule has 4 nitrogen and oxygen atoms in total. The van der Waals surface area contributed by atoms with Crippen molar-refractivity contribution in [1.29, 1.82) is 0 Å². The third-order valence-corrected chi connectivity index (χ3v) is 3.19. The largest absolute Gasteiger partial charge is 0.378 e. The highest BCUT2D eigenvalue weighted by Crippen LogP contribution is 2.25. The van der Waals surface area contributed by atoms with E-state index in [1.807, 2.05) is 26.2 Å². The average molecular weight is 305 g/mol. The van der Waals surface area contributed by atoms with Gasteiger partial charge in [0.25, 0.3) is 0 Å². The van der Waals surface area contributed by atoms with Gasteiger partial charge >= 0.3 is 0 Å². The number of rotatable bonds is 3. The Morgan fingerprint density at radius 3 is 2.43 bits per heavy atom. The molecule has 0 aliphatic heterocycles. The lowest BCUT2D eigenvalue weighted by molar-refractivity contribution is 0.546. The third-order valence-electron chi connectivity index (χ3n) is 3.00. The normalized spacial score (nSPS) is 11.3. The Morgan fingerprint density at radius 2 is 1.81 bits per heavy atom. The summed E-state index contributed by atoms with van der Waals surface area (Å²) in [5.41, 5.74) is 1.94. The minimum atomic E-state index is -0.146. The quantitative estimate of drug-likeness (QED) is 0.861. The molecular formula is C16H21ClN4. The Balaban J connectivity index is 2.31. The summed E-state index contributed by atoms with van der Waals surface area (Å²) in [4.78, 5) is 10.9. The molecule has 0 spiro atoms. The summed E-state index contributed by atoms with van der Waals surface area (Å²) in [5.74, 6) is 1.43. The first-order valence-corrected chi connectivity index (χ1v) is 7.23. The summed E-state index contributed by atoms with van der Waals surface area (Å²) in [6.45, 7) is 6.19. The van der Waals surface area contributed by atoms with E-state index >= 15 is 0 Å². The summed E-state index contributed by atoms with van der Waals surface area (Å²) >= 11 is 6.10. The molecule has 0 aliphatic carbocycles. The van der Waals surface area contributed by atoms with Gasteiger partial charge < -0.3 is 10.2 Å². The Kier molecular flexibility index (Phi) is 4.37. The van der Waals surface area contributed by atoms with Crippen LogP contribution in [0.15, 0.2) is 30.3 Å². The molecule has 0 saturated heterocycles. The number of nitrogens with one attached hydrogen (secondary N) is 1. The highest BCUT2D eigenvalue weighted by Gasteiger charge is 2.18. The number of benzene rings is 1. The molecule has 0 amide bonds. The van der Waals surface area contributed by atoms with E-state index in [0.29, 0.717) is 11.0 Å². The van der Waals surface area contributed by atoms with Gasteiger partial charge in [-0.1, -0.05) is 38.4 Å². The van der Waals surface area contributed by atoms with Crippen LogP contribution < -0.4 is 10.2 Å². The zero-order valence-corrected chi connectivity index (χ0v) is 13.9. The van der Waals surface area contributed by atoms with Crippen LogP contribution in [0.4, 0.5) is 17.2 Å². The molecule has 0 radical (unpaired) electrons. The minimum absolute atomic E-state index is 0.146. The van der Waals surface area contributed by atoms with Crippen molar-refractivity contribution in [1.82, 2.24) is 9.97 Å². The first kappa shape index (κ1) is 15.6. The van der Waals surface area contributed by atoms with E-state index in [-0.39, 0.29) is 5.41 Å². The average Bonchev–Trinajstić information content (AvgIpc) is 2.37. The summed E-state index contributed by atoms with van der Waals surface area (Å²) in [5, 5.41) is 3.74. The van der Waals surface area contributed by atoms with E-state index in [1.54, 1.807) is 6.07 Å². The highest BCUT2D eigenvalue weighted by atomic mass is 35.5. The summed E-state index contributed by atoms with van der Waals surface area (Å²) in [7, 11) is 4.02. The van der Waals surface area contributed by atoms with E-state index in [2.05, 4.69) is 53.1 Å². The number of anilines is 3. The van der Waals surface area contributed by atoms with Crippen molar-refractivity contribution in [3.05, 3.63) is 41.3 Å². The molecule has 0 unspecified atom stereocenters. The van der Waals surface area contributed by atoms with Crippen LogP contribution in [0.2, 0.25) is 5.15 Å². The van der Waals surface area contributed by atoms with E-state index < -0.39 is 0 Å². The molecule has 21 heavy (non-hydrogen) atoms. The van der Waals surface area contributed by atoms with Crippen LogP contribution in [-0.2, 0) is 5.41 Å². The zero-order chi connectivity index (χ0) is 15.6. The van der Waals surface area contributed by atoms with E-state index in [9.17, 15) is 0 Å². The molecule has 0 fully saturated rings. The monoisotopic (exact) mass is 304 g/mol. The summed E-state index contributed by atoms with van der Waals surface area (Å²) in [6.07, 6.45) is 0. The van der Waals surface area contributed by atoms with Crippen LogP contribution in [0, 0.1) is 0 Å². The lowest BCUT2D eigenvalue weighted by Crippen LogP contribution is -2.16. The highest BCUT2D eigenvalue weighted by molar-refractivity contribution is 6.29. The maximum atomic E-state index is 6.10. The van der Waals surface area contributed by atoms with Crippen LogP contribution >= 0.6 is 11.6 Å². The number of hydrogen-bond donors (Lipinski definition) is 1. The first-order valence-electron chi connectivity index (χ1n) is 6.85. The molecule has 0 saturated carbocycles. The number of aromatic nitrogens is 2. The molecule has 1 aromatic heterocycles. The lowest BCUT2D eigenvalue weighted by atomic mass is 9.96. The van der Waals surface area contributed by atoms with Gasteiger partial charge in [-0.2, -0.15) is 0 Å². The van der Waals surface area contributed by atoms with Gasteiger partial charge in [0.15, 0.2) is 0 Å². The van der Waals surface area contributed by atoms with Crippen molar-refractivity contribution < 1.29 is 0 Å². The predicted octanol–water partition coefficient (Wildman–Crippen LogP) is 4.24. The van der Waals surface area contributed by atoms with Crippen LogP contribution in [0.1, 0.15) is 26.6 Å². The molecule has 112 valence electrons. The van der Waals surface area contributed by atoms with Gasteiger partial charge in [-0.3, -0.25) is 0 Å². The maximum absolute atomic E-state index is 6.10. The second-order valence-electron chi connectivity index (χ2n) is 6.22. The number of halogens is 1. The molecular weight excluding hydrogens is 284 g/mol. The molecule has 1 aromatic carbocycles. The fraction of sp³-hybridized carbons (Fsp3) is 0.375. The van der Waals surface area contributed by atoms with Crippen molar-refractivity contribution in [3.63, 3.8) is 0 Å². The fourth-order valence-electron chi connectivity index (χ4n) is 1.83. The van der Waals surface area contributed by atoms with Crippen LogP contribution in [0.5, 0.6) is 0 Å². The summed E-state index contributed by atoms with van der Waals surface area (Å²) < 4.78 is 0. The van der Waals surface area contributed by atoms with Gasteiger partial charge in [-0.25, -0.2) is 9.97 Å². The zero-order valence-electron chi connectivity index (χ0n) is 13.1. The standard InChI is InChI=1S/C16H21ClN4/c1-16(2,3)15-19-13(17)10-14(20-15)18-11-7-6-8-12(9-11)21(4)5/h6-10H,1-5H3,(H,18,19,20). The minimum Gasteiger partial charge on any atom is -0.378 e. The Bertz CT molecular complexity index is 632. The lowest BCUT2D eigenvalue weighted by Gasteiger charge is -2.18. The topological polar surface area (TPSA) is 41.0 Å². The van der Waals surface area contributed by atoms with Crippen LogP contribution in [0.3, 0.4) is 0 Å². The van der Waals surface area contributed by atoms with E-state index in [0.717, 1.165) is 17.2 Å². The van der Waals surface area contributed by atoms with Gasteiger partial charge in [-0.05, 0) is 18.2 Å². The SMILES string of the molecule is CN(C)c1cccc(Nc2cc(Cl)nc(C(C)(C)C)n2)c1. The van der Waals surface area contributed by atoms with Crippen LogP contribution in [-0.4, -0.2) is 24.1 Å². The van der Waals surface area contributed by atoms with Crippen molar-refractivity contribution in [2.75, 3.05) is 24.3 Å². The Hall–Kier alpha value is -1.81. The molecule has 2 aromatic rings. The third kappa shape index (κ3) is 4.08. The second-order valence-corrected chi connectivity index (χ2v) is 6.61. The van der Waals surface area contributed by atoms with Gasteiger partial charge in [-0.15, -0.1) is 0 Å². The smallest absolute Gasteiger partial charge is 0.137 e. The predicted molar refractivity (Wildman–Crippen MR) is 89.8 cm³/mol. The molecule has 2 rings (SSSR count). The number of hydrogen-bond acceptors (Lipinski definition) is 4. The van der Waals surface area contributed by atoms with Crippen molar-refractivity contribution >= 4 is 28.8 Å². The second kappa shape index (κ2) is 5.90. The molecule has 0 aliphatic rings. The van der Waals surface area contributed by atoms with Crippen molar-refractivity contribution in [2.24, 2.45) is 0 Å². The van der Waals surface area contributed by atoms with Crippen molar-refractivity contribution in [3.8, 4) is 0 Å². The van der Waals surface area contributed by atoms with Gasteiger partial charge in [0, 0.05) is 37.0 Å². The molecule has 1 heterocycles. The number of nitrogens with zero attached hydrogens (tertiary/aromatic N) is 3. The first-order chi connectivity index (χ1) is 9.75. The van der Waals surface area contributed by atoms with E-state index in [1.165, 1.54) is 0 Å². The van der Waals surface area contributed by atoms with Gasteiger partial charge in [0.2, 0.25) is 0 Å². The van der Waals surface area contributed by atoms with Crippen molar-refractivity contribution in [2.45, 2.75) is 26.2 Å². The van der Waals surface area contributed by atoms with Gasteiger partial charge in [0.05, 0.1) is 0 Å². The fourth-order valence-corrected chi connectivity index (χ4v) is 2.01. The maximum Gasteiger partial charge on any atom is 0.137 e. The Labute approximate surface area is 131 Å².